The van der Waals surface area contributed by atoms with Crippen molar-refractivity contribution in [3.8, 4) is 0 Å². The monoisotopic (exact) mass is 404 g/mol. The summed E-state index contributed by atoms with van der Waals surface area (Å²) in [6.07, 6.45) is -0.315. The summed E-state index contributed by atoms with van der Waals surface area (Å²) < 4.78 is 5.49. The number of hydrogen-bond acceptors (Lipinski definition) is 5. The van der Waals surface area contributed by atoms with Gasteiger partial charge in [-0.15, -0.1) is 0 Å². The standard InChI is InChI=1S/C24H24N2O4/c1-5-20-14(2)22(19-8-6-7-9-21(19)26-20)24(29)30-16(4)23(28)25-18-12-10-17(11-13-18)15(3)27/h6-13,16H,5H2,1-4H3,(H,25,28)/t16-/m0/s1. The molecule has 1 heterocycles. The molecule has 0 radical (unpaired) electrons. The van der Waals surface area contributed by atoms with Crippen LogP contribution in [0.2, 0.25) is 0 Å². The summed E-state index contributed by atoms with van der Waals surface area (Å²) in [5, 5.41) is 3.40. The summed E-state index contributed by atoms with van der Waals surface area (Å²) in [5.74, 6) is -1.07. The minimum absolute atomic E-state index is 0.0541. The molecule has 30 heavy (non-hydrogen) atoms. The molecule has 6 nitrogen and oxygen atoms in total. The second-order valence-electron chi connectivity index (χ2n) is 7.10. The smallest absolute Gasteiger partial charge is 0.339 e. The van der Waals surface area contributed by atoms with Crippen LogP contribution in [0, 0.1) is 6.92 Å². The Hall–Kier alpha value is -3.54. The van der Waals surface area contributed by atoms with E-state index < -0.39 is 18.0 Å². The Morgan fingerprint density at radius 1 is 1.07 bits per heavy atom. The summed E-state index contributed by atoms with van der Waals surface area (Å²) in [7, 11) is 0. The number of aromatic nitrogens is 1. The van der Waals surface area contributed by atoms with E-state index in [1.165, 1.54) is 13.8 Å². The van der Waals surface area contributed by atoms with Gasteiger partial charge in [0.1, 0.15) is 0 Å². The van der Waals surface area contributed by atoms with Crippen molar-refractivity contribution in [2.75, 3.05) is 5.32 Å². The molecule has 0 fully saturated rings. The average Bonchev–Trinajstić information content (AvgIpc) is 2.73. The number of nitrogens with one attached hydrogen (secondary N) is 1. The van der Waals surface area contributed by atoms with Gasteiger partial charge in [-0.1, -0.05) is 25.1 Å². The first kappa shape index (κ1) is 21.2. The number of amides is 1. The number of carbonyl (C=O) groups is 3. The van der Waals surface area contributed by atoms with Gasteiger partial charge in [0.25, 0.3) is 5.91 Å². The lowest BCUT2D eigenvalue weighted by Gasteiger charge is -2.17. The number of benzene rings is 2. The molecule has 6 heteroatoms. The molecule has 3 aromatic rings. The number of nitrogens with zero attached hydrogens (tertiary/aromatic N) is 1. The normalized spacial score (nSPS) is 11.7. The lowest BCUT2D eigenvalue weighted by molar-refractivity contribution is -0.123. The van der Waals surface area contributed by atoms with Gasteiger partial charge in [0.05, 0.1) is 11.1 Å². The highest BCUT2D eigenvalue weighted by Crippen LogP contribution is 2.25. The van der Waals surface area contributed by atoms with Crippen LogP contribution in [0.15, 0.2) is 48.5 Å². The molecule has 0 aliphatic heterocycles. The van der Waals surface area contributed by atoms with Crippen LogP contribution in [0.25, 0.3) is 10.9 Å². The van der Waals surface area contributed by atoms with Gasteiger partial charge in [-0.25, -0.2) is 4.79 Å². The third-order valence-corrected chi connectivity index (χ3v) is 4.99. The highest BCUT2D eigenvalue weighted by Gasteiger charge is 2.23. The van der Waals surface area contributed by atoms with Gasteiger partial charge in [0.2, 0.25) is 0 Å². The second-order valence-corrected chi connectivity index (χ2v) is 7.10. The van der Waals surface area contributed by atoms with Crippen LogP contribution >= 0.6 is 0 Å². The molecule has 2 aromatic carbocycles. The molecule has 0 aliphatic carbocycles. The number of hydrogen-bond donors (Lipinski definition) is 1. The summed E-state index contributed by atoms with van der Waals surface area (Å²) >= 11 is 0. The Bertz CT molecular complexity index is 1120. The molecule has 0 saturated carbocycles. The molecule has 1 aromatic heterocycles. The maximum Gasteiger partial charge on any atom is 0.339 e. The van der Waals surface area contributed by atoms with Gasteiger partial charge in [0.15, 0.2) is 11.9 Å². The van der Waals surface area contributed by atoms with Crippen LogP contribution < -0.4 is 5.32 Å². The Balaban J connectivity index is 1.79. The van der Waals surface area contributed by atoms with Crippen LogP contribution in [0.5, 0.6) is 0 Å². The Morgan fingerprint density at radius 3 is 2.37 bits per heavy atom. The van der Waals surface area contributed by atoms with Crippen LogP contribution in [0.1, 0.15) is 52.7 Å². The van der Waals surface area contributed by atoms with Crippen molar-refractivity contribution in [2.24, 2.45) is 0 Å². The van der Waals surface area contributed by atoms with E-state index in [0.717, 1.165) is 16.8 Å². The molecule has 1 atom stereocenters. The summed E-state index contributed by atoms with van der Waals surface area (Å²) in [6, 6.07) is 13.9. The molecular weight excluding hydrogens is 380 g/mol. The second kappa shape index (κ2) is 8.86. The number of para-hydroxylation sites is 1. The fraction of sp³-hybridized carbons (Fsp3) is 0.250. The molecule has 154 valence electrons. The highest BCUT2D eigenvalue weighted by atomic mass is 16.5. The molecule has 0 aliphatic rings. The van der Waals surface area contributed by atoms with Crippen molar-refractivity contribution < 1.29 is 19.1 Å². The predicted octanol–water partition coefficient (Wildman–Crippen LogP) is 4.49. The van der Waals surface area contributed by atoms with E-state index in [1.807, 2.05) is 38.1 Å². The first-order valence-electron chi connectivity index (χ1n) is 9.82. The molecule has 1 amide bonds. The lowest BCUT2D eigenvalue weighted by Crippen LogP contribution is -2.30. The first-order valence-corrected chi connectivity index (χ1v) is 9.82. The van der Waals surface area contributed by atoms with Crippen molar-refractivity contribution in [3.05, 3.63) is 70.9 Å². The largest absolute Gasteiger partial charge is 0.449 e. The van der Waals surface area contributed by atoms with Crippen molar-refractivity contribution in [3.63, 3.8) is 0 Å². The van der Waals surface area contributed by atoms with Gasteiger partial charge < -0.3 is 10.1 Å². The number of Topliss-reactive ketones (excluding diaryl/α,β-unsaturated/α-hetero) is 1. The number of ketones is 1. The zero-order chi connectivity index (χ0) is 21.8. The number of esters is 1. The molecule has 0 unspecified atom stereocenters. The number of pyridine rings is 1. The average molecular weight is 404 g/mol. The number of carbonyl (C=O) groups excluding carboxylic acids is 3. The quantitative estimate of drug-likeness (QED) is 0.483. The number of aryl methyl sites for hydroxylation is 1. The number of rotatable bonds is 6. The van der Waals surface area contributed by atoms with E-state index in [9.17, 15) is 14.4 Å². The van der Waals surface area contributed by atoms with E-state index in [4.69, 9.17) is 4.74 Å². The zero-order valence-corrected chi connectivity index (χ0v) is 17.5. The molecule has 0 saturated heterocycles. The molecule has 0 bridgehead atoms. The van der Waals surface area contributed by atoms with E-state index in [0.29, 0.717) is 28.6 Å². The fourth-order valence-electron chi connectivity index (χ4n) is 3.27. The van der Waals surface area contributed by atoms with Crippen LogP contribution in [-0.2, 0) is 16.0 Å². The topological polar surface area (TPSA) is 85.4 Å². The lowest BCUT2D eigenvalue weighted by atomic mass is 10.0. The maximum atomic E-state index is 13.0. The Labute approximate surface area is 175 Å². The van der Waals surface area contributed by atoms with Gasteiger partial charge in [0, 0.05) is 22.3 Å². The van der Waals surface area contributed by atoms with Crippen LogP contribution in [-0.4, -0.2) is 28.7 Å². The SMILES string of the molecule is CCc1nc2ccccc2c(C(=O)O[C@@H](C)C(=O)Nc2ccc(C(C)=O)cc2)c1C. The predicted molar refractivity (Wildman–Crippen MR) is 116 cm³/mol. The van der Waals surface area contributed by atoms with Crippen LogP contribution in [0.4, 0.5) is 5.69 Å². The van der Waals surface area contributed by atoms with E-state index in [2.05, 4.69) is 10.3 Å². The van der Waals surface area contributed by atoms with Gasteiger partial charge in [-0.05, 0) is 63.1 Å². The van der Waals surface area contributed by atoms with Gasteiger partial charge in [-0.3, -0.25) is 14.6 Å². The number of fused-ring (bicyclic) bond motifs is 1. The molecule has 1 N–H and O–H groups in total. The van der Waals surface area contributed by atoms with Gasteiger partial charge >= 0.3 is 5.97 Å². The summed E-state index contributed by atoms with van der Waals surface area (Å²) in [5.41, 5.74) is 3.81. The summed E-state index contributed by atoms with van der Waals surface area (Å²) in [4.78, 5) is 41.4. The number of ether oxygens (including phenoxy) is 1. The molecule has 0 spiro atoms. The summed E-state index contributed by atoms with van der Waals surface area (Å²) in [6.45, 7) is 6.82. The number of anilines is 1. The van der Waals surface area contributed by atoms with Crippen molar-refractivity contribution >= 4 is 34.3 Å². The maximum absolute atomic E-state index is 13.0. The van der Waals surface area contributed by atoms with Crippen LogP contribution in [0.3, 0.4) is 0 Å². The first-order chi connectivity index (χ1) is 14.3. The third-order valence-electron chi connectivity index (χ3n) is 4.99. The Morgan fingerprint density at radius 2 is 1.73 bits per heavy atom. The van der Waals surface area contributed by atoms with Crippen molar-refractivity contribution in [1.82, 2.24) is 4.98 Å². The highest BCUT2D eigenvalue weighted by molar-refractivity contribution is 6.06. The van der Waals surface area contributed by atoms with E-state index in [1.54, 1.807) is 24.3 Å². The van der Waals surface area contributed by atoms with Crippen molar-refractivity contribution in [2.45, 2.75) is 40.2 Å². The third kappa shape index (κ3) is 4.38. The van der Waals surface area contributed by atoms with Gasteiger partial charge in [-0.2, -0.15) is 0 Å². The minimum atomic E-state index is -0.999. The fourth-order valence-corrected chi connectivity index (χ4v) is 3.27. The zero-order valence-electron chi connectivity index (χ0n) is 17.5. The molecular formula is C24H24N2O4. The van der Waals surface area contributed by atoms with E-state index in [-0.39, 0.29) is 5.78 Å². The van der Waals surface area contributed by atoms with E-state index >= 15 is 0 Å². The molecule has 3 rings (SSSR count). The van der Waals surface area contributed by atoms with Crippen molar-refractivity contribution in [1.29, 1.82) is 0 Å². The minimum Gasteiger partial charge on any atom is -0.449 e. The Kier molecular flexibility index (Phi) is 6.26.